The Bertz CT molecular complexity index is 1170. The van der Waals surface area contributed by atoms with E-state index in [1.54, 1.807) is 12.0 Å². The van der Waals surface area contributed by atoms with E-state index in [2.05, 4.69) is 59.8 Å². The molecule has 2 aromatic rings. The minimum atomic E-state index is -1.86. The molecule has 1 aliphatic heterocycles. The van der Waals surface area contributed by atoms with Crippen molar-refractivity contribution in [2.24, 2.45) is 23.7 Å². The Labute approximate surface area is 273 Å². The second-order valence-corrected chi connectivity index (χ2v) is 19.6. The quantitative estimate of drug-likeness (QED) is 0.194. The number of nitrogens with zero attached hydrogens (tertiary/aromatic N) is 1. The van der Waals surface area contributed by atoms with E-state index in [0.29, 0.717) is 25.7 Å². The Morgan fingerprint density at radius 1 is 1.02 bits per heavy atom. The molecule has 0 unspecified atom stereocenters. The molecule has 0 saturated carbocycles. The van der Waals surface area contributed by atoms with Crippen molar-refractivity contribution in [1.82, 2.24) is 4.90 Å². The number of carbonyl (C=O) groups excluding carboxylic acids is 1. The predicted octanol–water partition coefficient (Wildman–Crippen LogP) is 7.33. The third-order valence-corrected chi connectivity index (χ3v) is 14.5. The summed E-state index contributed by atoms with van der Waals surface area (Å²) in [4.78, 5) is 15.6. The number of hydrogen-bond donors (Lipinski definition) is 1. The van der Waals surface area contributed by atoms with Crippen molar-refractivity contribution in [1.29, 1.82) is 0 Å². The maximum atomic E-state index is 13.8. The van der Waals surface area contributed by atoms with Crippen LogP contribution >= 0.6 is 0 Å². The summed E-state index contributed by atoms with van der Waals surface area (Å²) in [5, 5.41) is 11.9. The molecule has 0 radical (unpaired) electrons. The van der Waals surface area contributed by atoms with Gasteiger partial charge >= 0.3 is 0 Å². The molecule has 7 nitrogen and oxygen atoms in total. The van der Waals surface area contributed by atoms with Crippen LogP contribution in [0.2, 0.25) is 18.1 Å². The second-order valence-electron chi connectivity index (χ2n) is 14.8. The van der Waals surface area contributed by atoms with Crippen LogP contribution in [0.1, 0.15) is 66.0 Å². The van der Waals surface area contributed by atoms with Crippen LogP contribution in [-0.2, 0) is 31.7 Å². The van der Waals surface area contributed by atoms with Crippen LogP contribution in [0.25, 0.3) is 0 Å². The fourth-order valence-corrected chi connectivity index (χ4v) is 7.13. The first kappa shape index (κ1) is 37.2. The number of aliphatic hydroxyl groups is 1. The molecule has 1 fully saturated rings. The van der Waals surface area contributed by atoms with Crippen molar-refractivity contribution >= 4 is 14.2 Å². The lowest BCUT2D eigenvalue weighted by molar-refractivity contribution is -0.145. The number of ether oxygens (including phenoxy) is 3. The smallest absolute Gasteiger partial charge is 0.230 e. The van der Waals surface area contributed by atoms with Crippen LogP contribution in [0.5, 0.6) is 5.75 Å². The third kappa shape index (κ3) is 10.4. The summed E-state index contributed by atoms with van der Waals surface area (Å²) in [5.41, 5.74) is 2.20. The number of rotatable bonds is 16. The molecule has 8 heteroatoms. The van der Waals surface area contributed by atoms with Crippen LogP contribution in [0.3, 0.4) is 0 Å². The lowest BCUT2D eigenvalue weighted by atomic mass is 9.80. The molecular weight excluding hydrogens is 582 g/mol. The number of carbonyl (C=O) groups is 1. The first-order valence-electron chi connectivity index (χ1n) is 16.6. The van der Waals surface area contributed by atoms with Crippen molar-refractivity contribution in [3.05, 3.63) is 65.7 Å². The Hall–Kier alpha value is -2.23. The third-order valence-electron chi connectivity index (χ3n) is 10.0. The maximum Gasteiger partial charge on any atom is 0.230 e. The van der Waals surface area contributed by atoms with Gasteiger partial charge in [0.25, 0.3) is 0 Å². The van der Waals surface area contributed by atoms with Crippen LogP contribution in [0.15, 0.2) is 54.6 Å². The molecule has 1 N–H and O–H groups in total. The molecule has 3 rings (SSSR count). The summed E-state index contributed by atoms with van der Waals surface area (Å²) >= 11 is 0. The SMILES string of the molecule is COc1ccc(CO[C@H]([C@@H](C)[C@H](O)[C@@H](C)C(=O)N2COC[C@H]2Cc2ccccc2)[C@@H](C)C[C@@H](C)CO[Si](C)(C)C(C)(C)C)cc1. The molecule has 1 saturated heterocycles. The maximum absolute atomic E-state index is 13.8. The van der Waals surface area contributed by atoms with Crippen molar-refractivity contribution < 1.29 is 28.5 Å². The van der Waals surface area contributed by atoms with E-state index in [4.69, 9.17) is 18.6 Å². The molecule has 1 aliphatic rings. The normalized spacial score (nSPS) is 19.9. The van der Waals surface area contributed by atoms with Crippen molar-refractivity contribution in [3.8, 4) is 5.75 Å². The van der Waals surface area contributed by atoms with E-state index < -0.39 is 20.3 Å². The molecule has 252 valence electrons. The van der Waals surface area contributed by atoms with Crippen LogP contribution in [0.4, 0.5) is 0 Å². The highest BCUT2D eigenvalue weighted by Gasteiger charge is 2.40. The fourth-order valence-electron chi connectivity index (χ4n) is 5.99. The van der Waals surface area contributed by atoms with Crippen molar-refractivity contribution in [2.45, 2.75) is 104 Å². The summed E-state index contributed by atoms with van der Waals surface area (Å²) in [6, 6.07) is 18.0. The lowest BCUT2D eigenvalue weighted by Gasteiger charge is -2.38. The van der Waals surface area contributed by atoms with Crippen LogP contribution in [-0.4, -0.2) is 69.5 Å². The number of aliphatic hydroxyl groups excluding tert-OH is 1. The first-order valence-corrected chi connectivity index (χ1v) is 19.5. The average Bonchev–Trinajstić information content (AvgIpc) is 3.47. The molecule has 0 spiro atoms. The van der Waals surface area contributed by atoms with Crippen LogP contribution in [0, 0.1) is 23.7 Å². The predicted molar refractivity (Wildman–Crippen MR) is 184 cm³/mol. The molecule has 0 aromatic heterocycles. The molecule has 2 aromatic carbocycles. The van der Waals surface area contributed by atoms with Gasteiger partial charge < -0.3 is 28.6 Å². The van der Waals surface area contributed by atoms with Gasteiger partial charge in [0, 0.05) is 12.5 Å². The summed E-state index contributed by atoms with van der Waals surface area (Å²) in [6.45, 7) is 21.5. The monoisotopic (exact) mass is 641 g/mol. The van der Waals surface area contributed by atoms with E-state index in [-0.39, 0.29) is 41.7 Å². The zero-order chi connectivity index (χ0) is 33.4. The Kier molecular flexibility index (Phi) is 13.7. The summed E-state index contributed by atoms with van der Waals surface area (Å²) < 4.78 is 24.2. The zero-order valence-electron chi connectivity index (χ0n) is 29.4. The summed E-state index contributed by atoms with van der Waals surface area (Å²) in [6.07, 6.45) is 0.477. The van der Waals surface area contributed by atoms with Crippen LogP contribution < -0.4 is 4.74 Å². The van der Waals surface area contributed by atoms with E-state index >= 15 is 0 Å². The Morgan fingerprint density at radius 3 is 2.27 bits per heavy atom. The van der Waals surface area contributed by atoms with Gasteiger partial charge in [-0.1, -0.05) is 90.9 Å². The standard InChI is InChI=1S/C37H59NO6Si/c1-26(22-44-45(9,10)37(5,6)7)20-27(2)35(43-23-31-16-18-33(41-8)19-17-31)28(3)34(39)29(4)36(40)38-25-42-24-32(38)21-30-14-12-11-13-15-30/h11-19,26-29,32,34-35,39H,20-25H2,1-10H3/t26-,27+,28+,29-,32-,34+,35+/m1/s1. The van der Waals surface area contributed by atoms with Gasteiger partial charge in [-0.25, -0.2) is 0 Å². The second kappa shape index (κ2) is 16.5. The zero-order valence-corrected chi connectivity index (χ0v) is 30.4. The largest absolute Gasteiger partial charge is 0.497 e. The molecule has 0 bridgehead atoms. The van der Waals surface area contributed by atoms with Gasteiger partial charge in [-0.3, -0.25) is 4.79 Å². The van der Waals surface area contributed by atoms with Gasteiger partial charge in [0.15, 0.2) is 8.32 Å². The van der Waals surface area contributed by atoms with E-state index in [1.807, 2.05) is 56.3 Å². The molecule has 1 amide bonds. The topological polar surface area (TPSA) is 77.5 Å². The van der Waals surface area contributed by atoms with Gasteiger partial charge in [0.05, 0.1) is 44.5 Å². The highest BCUT2D eigenvalue weighted by atomic mass is 28.4. The van der Waals surface area contributed by atoms with Gasteiger partial charge in [0.2, 0.25) is 5.91 Å². The molecule has 45 heavy (non-hydrogen) atoms. The van der Waals surface area contributed by atoms with Crippen molar-refractivity contribution in [3.63, 3.8) is 0 Å². The van der Waals surface area contributed by atoms with Gasteiger partial charge in [0.1, 0.15) is 12.5 Å². The van der Waals surface area contributed by atoms with E-state index in [1.165, 1.54) is 5.56 Å². The van der Waals surface area contributed by atoms with Gasteiger partial charge in [-0.2, -0.15) is 0 Å². The number of benzene rings is 2. The highest BCUT2D eigenvalue weighted by molar-refractivity contribution is 6.74. The van der Waals surface area contributed by atoms with Crippen molar-refractivity contribution in [2.75, 3.05) is 27.1 Å². The molecule has 7 atom stereocenters. The molecule has 1 heterocycles. The minimum absolute atomic E-state index is 0.0485. The Balaban J connectivity index is 1.72. The minimum Gasteiger partial charge on any atom is -0.497 e. The van der Waals surface area contributed by atoms with Gasteiger partial charge in [-0.05, 0) is 66.1 Å². The van der Waals surface area contributed by atoms with Gasteiger partial charge in [-0.15, -0.1) is 0 Å². The summed E-state index contributed by atoms with van der Waals surface area (Å²) in [5.74, 6) is 0.303. The lowest BCUT2D eigenvalue weighted by Crippen LogP contribution is -2.48. The fraction of sp³-hybridized carbons (Fsp3) is 0.649. The number of methoxy groups -OCH3 is 1. The average molecular weight is 642 g/mol. The highest BCUT2D eigenvalue weighted by Crippen LogP contribution is 2.37. The molecular formula is C37H59NO6Si. The number of amides is 1. The van der Waals surface area contributed by atoms with E-state index in [9.17, 15) is 9.90 Å². The molecule has 0 aliphatic carbocycles. The Morgan fingerprint density at radius 2 is 1.67 bits per heavy atom. The first-order chi connectivity index (χ1) is 21.1. The van der Waals surface area contributed by atoms with E-state index in [0.717, 1.165) is 24.2 Å². The summed E-state index contributed by atoms with van der Waals surface area (Å²) in [7, 11) is -0.202. The number of hydrogen-bond acceptors (Lipinski definition) is 6.